The topological polar surface area (TPSA) is 34.9 Å². The van der Waals surface area contributed by atoms with Gasteiger partial charge in [0.1, 0.15) is 5.65 Å². The van der Waals surface area contributed by atoms with Gasteiger partial charge in [-0.1, -0.05) is 11.6 Å². The minimum Gasteiger partial charge on any atom is -0.336 e. The predicted molar refractivity (Wildman–Crippen MR) is 55.8 cm³/mol. The first-order valence-corrected chi connectivity index (χ1v) is 4.59. The lowest BCUT2D eigenvalue weighted by atomic mass is 10.2. The molecule has 0 spiro atoms. The van der Waals surface area contributed by atoms with E-state index in [1.807, 2.05) is 23.9 Å². The quantitative estimate of drug-likeness (QED) is 0.675. The van der Waals surface area contributed by atoms with E-state index in [-0.39, 0.29) is 0 Å². The van der Waals surface area contributed by atoms with Gasteiger partial charge in [-0.15, -0.1) is 0 Å². The maximum Gasteiger partial charge on any atom is 0.153 e. The summed E-state index contributed by atoms with van der Waals surface area (Å²) in [6.45, 7) is 1.78. The van der Waals surface area contributed by atoms with Gasteiger partial charge in [-0.05, 0) is 13.0 Å². The Morgan fingerprint density at radius 1 is 1.57 bits per heavy atom. The summed E-state index contributed by atoms with van der Waals surface area (Å²) in [6, 6.07) is 1.86. The Morgan fingerprint density at radius 2 is 2.29 bits per heavy atom. The lowest BCUT2D eigenvalue weighted by molar-refractivity contribution is 0.112. The van der Waals surface area contributed by atoms with E-state index in [1.165, 1.54) is 0 Å². The van der Waals surface area contributed by atoms with Crippen molar-refractivity contribution in [3.05, 3.63) is 28.5 Å². The number of fused-ring (bicyclic) bond motifs is 1. The molecule has 2 rings (SSSR count). The van der Waals surface area contributed by atoms with Crippen molar-refractivity contribution < 1.29 is 4.79 Å². The van der Waals surface area contributed by atoms with Gasteiger partial charge in [0.05, 0.1) is 16.3 Å². The van der Waals surface area contributed by atoms with Crippen molar-refractivity contribution in [3.8, 4) is 0 Å². The lowest BCUT2D eigenvalue weighted by Crippen LogP contribution is -1.96. The Kier molecular flexibility index (Phi) is 2.04. The van der Waals surface area contributed by atoms with E-state index in [4.69, 9.17) is 11.6 Å². The Balaban J connectivity index is 2.94. The molecule has 0 aliphatic heterocycles. The number of aromatic nitrogens is 2. The first-order chi connectivity index (χ1) is 6.65. The Labute approximate surface area is 86.3 Å². The highest BCUT2D eigenvalue weighted by Gasteiger charge is 2.11. The number of aldehydes is 1. The van der Waals surface area contributed by atoms with Crippen LogP contribution < -0.4 is 0 Å². The maximum atomic E-state index is 10.8. The lowest BCUT2D eigenvalue weighted by Gasteiger charge is -2.03. The zero-order chi connectivity index (χ0) is 10.3. The maximum absolute atomic E-state index is 10.8. The summed E-state index contributed by atoms with van der Waals surface area (Å²) in [5.41, 5.74) is 1.95. The van der Waals surface area contributed by atoms with Crippen LogP contribution in [-0.2, 0) is 7.05 Å². The summed E-state index contributed by atoms with van der Waals surface area (Å²) < 4.78 is 1.88. The van der Waals surface area contributed by atoms with Crippen LogP contribution in [0.3, 0.4) is 0 Å². The van der Waals surface area contributed by atoms with Crippen molar-refractivity contribution >= 4 is 28.9 Å². The molecule has 0 saturated heterocycles. The molecule has 0 aliphatic carbocycles. The second kappa shape index (κ2) is 3.10. The molecule has 0 aromatic carbocycles. The van der Waals surface area contributed by atoms with E-state index in [1.54, 1.807) is 6.92 Å². The molecule has 4 heteroatoms. The van der Waals surface area contributed by atoms with E-state index < -0.39 is 0 Å². The highest BCUT2D eigenvalue weighted by atomic mass is 35.5. The normalized spacial score (nSPS) is 10.8. The molecule has 2 aromatic rings. The summed E-state index contributed by atoms with van der Waals surface area (Å²) in [5.74, 6) is 0. The van der Waals surface area contributed by atoms with Crippen molar-refractivity contribution in [1.82, 2.24) is 9.55 Å². The fraction of sp³-hybridized carbons (Fsp3) is 0.200. The Hall–Kier alpha value is -1.35. The van der Waals surface area contributed by atoms with Crippen LogP contribution in [0.4, 0.5) is 0 Å². The van der Waals surface area contributed by atoms with Crippen LogP contribution in [0.5, 0.6) is 0 Å². The average molecular weight is 209 g/mol. The highest BCUT2D eigenvalue weighted by Crippen LogP contribution is 2.27. The molecule has 2 heterocycles. The molecule has 72 valence electrons. The zero-order valence-corrected chi connectivity index (χ0v) is 8.67. The Bertz CT molecular complexity index is 516. The number of carbonyl (C=O) groups excluding carboxylic acids is 1. The third kappa shape index (κ3) is 1.13. The number of hydrogen-bond donors (Lipinski definition) is 0. The second-order valence-corrected chi connectivity index (χ2v) is 3.58. The van der Waals surface area contributed by atoms with Crippen LogP contribution >= 0.6 is 11.6 Å². The van der Waals surface area contributed by atoms with E-state index in [0.717, 1.165) is 17.3 Å². The summed E-state index contributed by atoms with van der Waals surface area (Å²) in [4.78, 5) is 15.1. The molecule has 0 atom stereocenters. The van der Waals surface area contributed by atoms with Crippen LogP contribution in [0.2, 0.25) is 5.02 Å². The molecule has 14 heavy (non-hydrogen) atoms. The summed E-state index contributed by atoms with van der Waals surface area (Å²) in [5, 5.41) is 1.31. The van der Waals surface area contributed by atoms with Crippen molar-refractivity contribution in [2.24, 2.45) is 7.05 Å². The van der Waals surface area contributed by atoms with Gasteiger partial charge >= 0.3 is 0 Å². The molecule has 0 aliphatic rings. The van der Waals surface area contributed by atoms with Crippen LogP contribution in [0.15, 0.2) is 12.3 Å². The number of rotatable bonds is 1. The van der Waals surface area contributed by atoms with Crippen molar-refractivity contribution in [3.63, 3.8) is 0 Å². The van der Waals surface area contributed by atoms with Crippen LogP contribution in [0.25, 0.3) is 11.0 Å². The minimum atomic E-state index is 0.477. The van der Waals surface area contributed by atoms with Gasteiger partial charge in [0, 0.05) is 18.6 Å². The largest absolute Gasteiger partial charge is 0.336 e. The molecule has 0 radical (unpaired) electrons. The van der Waals surface area contributed by atoms with Gasteiger partial charge in [-0.25, -0.2) is 4.98 Å². The van der Waals surface area contributed by atoms with Crippen molar-refractivity contribution in [2.45, 2.75) is 6.92 Å². The number of pyridine rings is 1. The van der Waals surface area contributed by atoms with Gasteiger partial charge in [-0.3, -0.25) is 4.79 Å². The van der Waals surface area contributed by atoms with Crippen LogP contribution in [0.1, 0.15) is 16.1 Å². The second-order valence-electron chi connectivity index (χ2n) is 3.21. The number of aryl methyl sites for hydroxylation is 2. The SMILES string of the molecule is Cc1nc2c(ccn2C)c(Cl)c1C=O. The molecule has 0 fully saturated rings. The number of halogens is 1. The third-order valence-electron chi connectivity index (χ3n) is 2.29. The summed E-state index contributed by atoms with van der Waals surface area (Å²) >= 11 is 6.08. The van der Waals surface area contributed by atoms with Gasteiger partial charge in [0.15, 0.2) is 6.29 Å². The van der Waals surface area contributed by atoms with E-state index in [0.29, 0.717) is 16.3 Å². The molecular formula is C10H9ClN2O. The number of carbonyl (C=O) groups is 1. The Morgan fingerprint density at radius 3 is 2.93 bits per heavy atom. The highest BCUT2D eigenvalue weighted by molar-refractivity contribution is 6.37. The van der Waals surface area contributed by atoms with E-state index in [2.05, 4.69) is 4.98 Å². The van der Waals surface area contributed by atoms with Gasteiger partial charge in [0.25, 0.3) is 0 Å². The molecule has 3 nitrogen and oxygen atoms in total. The van der Waals surface area contributed by atoms with Crippen LogP contribution in [0, 0.1) is 6.92 Å². The molecule has 0 N–H and O–H groups in total. The fourth-order valence-electron chi connectivity index (χ4n) is 1.49. The zero-order valence-electron chi connectivity index (χ0n) is 7.91. The number of nitrogens with zero attached hydrogens (tertiary/aromatic N) is 2. The molecular weight excluding hydrogens is 200 g/mol. The molecule has 0 amide bonds. The fourth-order valence-corrected chi connectivity index (χ4v) is 1.82. The van der Waals surface area contributed by atoms with Gasteiger partial charge in [-0.2, -0.15) is 0 Å². The molecule has 0 saturated carbocycles. The summed E-state index contributed by atoms with van der Waals surface area (Å²) in [6.07, 6.45) is 2.62. The van der Waals surface area contributed by atoms with E-state index >= 15 is 0 Å². The first kappa shape index (κ1) is 9.21. The molecule has 0 unspecified atom stereocenters. The summed E-state index contributed by atoms with van der Waals surface area (Å²) in [7, 11) is 1.89. The minimum absolute atomic E-state index is 0.477. The van der Waals surface area contributed by atoms with Crippen molar-refractivity contribution in [2.75, 3.05) is 0 Å². The van der Waals surface area contributed by atoms with Crippen LogP contribution in [-0.4, -0.2) is 15.8 Å². The smallest absolute Gasteiger partial charge is 0.153 e. The molecule has 0 bridgehead atoms. The van der Waals surface area contributed by atoms with Crippen molar-refractivity contribution in [1.29, 1.82) is 0 Å². The third-order valence-corrected chi connectivity index (χ3v) is 2.70. The standard InChI is InChI=1S/C10H9ClN2O/c1-6-8(5-14)9(11)7-3-4-13(2)10(7)12-6/h3-5H,1-2H3. The number of hydrogen-bond acceptors (Lipinski definition) is 2. The van der Waals surface area contributed by atoms with Gasteiger partial charge in [0.2, 0.25) is 0 Å². The average Bonchev–Trinajstić information content (AvgIpc) is 2.49. The monoisotopic (exact) mass is 208 g/mol. The predicted octanol–water partition coefficient (Wildman–Crippen LogP) is 2.35. The molecule has 2 aromatic heterocycles. The first-order valence-electron chi connectivity index (χ1n) is 4.21. The van der Waals surface area contributed by atoms with E-state index in [9.17, 15) is 4.79 Å². The van der Waals surface area contributed by atoms with Gasteiger partial charge < -0.3 is 4.57 Å².